The van der Waals surface area contributed by atoms with Crippen LogP contribution in [0, 0.1) is 5.92 Å². The molecular formula is C15H20OS2. The third kappa shape index (κ3) is 2.83. The summed E-state index contributed by atoms with van der Waals surface area (Å²) in [6.07, 6.45) is 8.54. The summed E-state index contributed by atoms with van der Waals surface area (Å²) >= 11 is 3.76. The molecule has 1 saturated carbocycles. The van der Waals surface area contributed by atoms with E-state index in [0.29, 0.717) is 11.7 Å². The van der Waals surface area contributed by atoms with Gasteiger partial charge in [-0.25, -0.2) is 0 Å². The van der Waals surface area contributed by atoms with E-state index in [1.165, 1.54) is 54.7 Å². The monoisotopic (exact) mass is 280 g/mol. The molecule has 2 aliphatic rings. The molecule has 1 aromatic rings. The van der Waals surface area contributed by atoms with Gasteiger partial charge >= 0.3 is 0 Å². The van der Waals surface area contributed by atoms with Crippen LogP contribution in [0.4, 0.5) is 0 Å². The average molecular weight is 280 g/mol. The molecule has 0 unspecified atom stereocenters. The van der Waals surface area contributed by atoms with Gasteiger partial charge in [0.25, 0.3) is 0 Å². The fourth-order valence-corrected chi connectivity index (χ4v) is 5.36. The van der Waals surface area contributed by atoms with E-state index in [9.17, 15) is 4.79 Å². The minimum Gasteiger partial charge on any atom is -0.293 e. The van der Waals surface area contributed by atoms with Crippen LogP contribution in [0.1, 0.15) is 58.6 Å². The van der Waals surface area contributed by atoms with E-state index >= 15 is 0 Å². The molecule has 0 spiro atoms. The van der Waals surface area contributed by atoms with Gasteiger partial charge in [-0.15, -0.1) is 11.3 Å². The Hall–Kier alpha value is -0.280. The topological polar surface area (TPSA) is 17.1 Å². The average Bonchev–Trinajstić information content (AvgIpc) is 2.84. The van der Waals surface area contributed by atoms with E-state index in [-0.39, 0.29) is 0 Å². The zero-order chi connectivity index (χ0) is 12.4. The first-order valence-electron chi connectivity index (χ1n) is 7.05. The van der Waals surface area contributed by atoms with E-state index in [0.717, 1.165) is 17.1 Å². The highest BCUT2D eigenvalue weighted by Gasteiger charge is 2.21. The van der Waals surface area contributed by atoms with Crippen LogP contribution in [0.3, 0.4) is 0 Å². The van der Waals surface area contributed by atoms with Gasteiger partial charge in [-0.1, -0.05) is 32.1 Å². The zero-order valence-electron chi connectivity index (χ0n) is 10.7. The number of fused-ring (bicyclic) bond motifs is 1. The quantitative estimate of drug-likeness (QED) is 0.747. The van der Waals surface area contributed by atoms with E-state index in [2.05, 4.69) is 6.07 Å². The molecule has 0 radical (unpaired) electrons. The zero-order valence-corrected chi connectivity index (χ0v) is 12.4. The van der Waals surface area contributed by atoms with Crippen molar-refractivity contribution in [3.63, 3.8) is 0 Å². The van der Waals surface area contributed by atoms with Gasteiger partial charge in [-0.3, -0.25) is 4.79 Å². The maximum absolute atomic E-state index is 12.3. The first-order valence-corrected chi connectivity index (χ1v) is 9.02. The van der Waals surface area contributed by atoms with Crippen LogP contribution in [0.15, 0.2) is 6.07 Å². The number of rotatable bonds is 3. The summed E-state index contributed by atoms with van der Waals surface area (Å²) in [4.78, 5) is 14.8. The number of carbonyl (C=O) groups excluding carboxylic acids is 1. The molecule has 0 bridgehead atoms. The third-order valence-electron chi connectivity index (χ3n) is 4.10. The fraction of sp³-hybridized carbons (Fsp3) is 0.667. The summed E-state index contributed by atoms with van der Waals surface area (Å²) < 4.78 is 0. The van der Waals surface area contributed by atoms with Crippen molar-refractivity contribution in [1.82, 2.24) is 0 Å². The molecule has 0 aromatic carbocycles. The molecule has 1 fully saturated rings. The van der Waals surface area contributed by atoms with Gasteiger partial charge in [0.15, 0.2) is 5.78 Å². The number of thiophene rings is 1. The van der Waals surface area contributed by atoms with Gasteiger partial charge in [0.05, 0.1) is 4.88 Å². The predicted molar refractivity (Wildman–Crippen MR) is 79.7 cm³/mol. The Bertz CT molecular complexity index is 406. The highest BCUT2D eigenvalue weighted by atomic mass is 32.2. The Balaban J connectivity index is 1.66. The van der Waals surface area contributed by atoms with Crippen molar-refractivity contribution in [2.45, 2.75) is 50.7 Å². The van der Waals surface area contributed by atoms with Gasteiger partial charge in [-0.05, 0) is 29.7 Å². The SMILES string of the molecule is O=C(CC1CCCCC1)c1cc2c(s1)CCSC2. The number of ketones is 1. The molecule has 0 saturated heterocycles. The molecule has 2 heterocycles. The second-order valence-electron chi connectivity index (χ2n) is 5.49. The summed E-state index contributed by atoms with van der Waals surface area (Å²) in [5.74, 6) is 3.41. The molecule has 0 atom stereocenters. The Labute approximate surface area is 117 Å². The number of carbonyl (C=O) groups is 1. The number of aryl methyl sites for hydroxylation is 1. The maximum atomic E-state index is 12.3. The van der Waals surface area contributed by atoms with Crippen molar-refractivity contribution in [2.75, 3.05) is 5.75 Å². The largest absolute Gasteiger partial charge is 0.293 e. The smallest absolute Gasteiger partial charge is 0.173 e. The maximum Gasteiger partial charge on any atom is 0.173 e. The van der Waals surface area contributed by atoms with Crippen molar-refractivity contribution < 1.29 is 4.79 Å². The van der Waals surface area contributed by atoms with Crippen LogP contribution < -0.4 is 0 Å². The van der Waals surface area contributed by atoms with E-state index in [4.69, 9.17) is 0 Å². The normalized spacial score (nSPS) is 20.7. The Morgan fingerprint density at radius 1 is 1.28 bits per heavy atom. The molecule has 1 aromatic heterocycles. The lowest BCUT2D eigenvalue weighted by atomic mass is 9.85. The second kappa shape index (κ2) is 5.79. The highest BCUT2D eigenvalue weighted by Crippen LogP contribution is 2.34. The Morgan fingerprint density at radius 3 is 2.89 bits per heavy atom. The van der Waals surface area contributed by atoms with Crippen LogP contribution in [-0.4, -0.2) is 11.5 Å². The fourth-order valence-electron chi connectivity index (χ4n) is 3.04. The van der Waals surface area contributed by atoms with Gasteiger partial charge in [0, 0.05) is 17.1 Å². The van der Waals surface area contributed by atoms with Gasteiger partial charge < -0.3 is 0 Å². The molecule has 0 amide bonds. The van der Waals surface area contributed by atoms with Crippen molar-refractivity contribution in [2.24, 2.45) is 5.92 Å². The summed E-state index contributed by atoms with van der Waals surface area (Å²) in [6, 6.07) is 2.18. The molecule has 1 nitrogen and oxygen atoms in total. The number of Topliss-reactive ketones (excluding diaryl/α,β-unsaturated/α-hetero) is 1. The predicted octanol–water partition coefficient (Wildman–Crippen LogP) is 4.69. The number of thioether (sulfide) groups is 1. The van der Waals surface area contributed by atoms with Crippen molar-refractivity contribution in [3.05, 3.63) is 21.4 Å². The van der Waals surface area contributed by atoms with Crippen LogP contribution in [0.5, 0.6) is 0 Å². The van der Waals surface area contributed by atoms with Gasteiger partial charge in [0.1, 0.15) is 0 Å². The van der Waals surface area contributed by atoms with Crippen molar-refractivity contribution in [3.8, 4) is 0 Å². The van der Waals surface area contributed by atoms with E-state index in [1.807, 2.05) is 11.8 Å². The highest BCUT2D eigenvalue weighted by molar-refractivity contribution is 7.98. The molecule has 3 rings (SSSR count). The Morgan fingerprint density at radius 2 is 2.11 bits per heavy atom. The molecular weight excluding hydrogens is 260 g/mol. The lowest BCUT2D eigenvalue weighted by Crippen LogP contribution is -2.11. The first kappa shape index (κ1) is 12.7. The second-order valence-corrected chi connectivity index (χ2v) is 7.73. The molecule has 3 heteroatoms. The summed E-state index contributed by atoms with van der Waals surface area (Å²) in [5, 5.41) is 0. The lowest BCUT2D eigenvalue weighted by Gasteiger charge is -2.20. The molecule has 98 valence electrons. The number of hydrogen-bond donors (Lipinski definition) is 0. The van der Waals surface area contributed by atoms with E-state index < -0.39 is 0 Å². The molecule has 0 N–H and O–H groups in total. The van der Waals surface area contributed by atoms with Crippen LogP contribution in [-0.2, 0) is 12.2 Å². The molecule has 1 aliphatic heterocycles. The standard InChI is InChI=1S/C15H20OS2/c16-13(8-11-4-2-1-3-5-11)15-9-12-10-17-7-6-14(12)18-15/h9,11H,1-8,10H2. The number of hydrogen-bond acceptors (Lipinski definition) is 3. The first-order chi connectivity index (χ1) is 8.83. The summed E-state index contributed by atoms with van der Waals surface area (Å²) in [5.41, 5.74) is 1.43. The summed E-state index contributed by atoms with van der Waals surface area (Å²) in [7, 11) is 0. The third-order valence-corrected chi connectivity index (χ3v) is 6.39. The molecule has 1 aliphatic carbocycles. The van der Waals surface area contributed by atoms with Crippen LogP contribution in [0.2, 0.25) is 0 Å². The van der Waals surface area contributed by atoms with Crippen molar-refractivity contribution >= 4 is 28.9 Å². The summed E-state index contributed by atoms with van der Waals surface area (Å²) in [6.45, 7) is 0. The molecule has 18 heavy (non-hydrogen) atoms. The van der Waals surface area contributed by atoms with E-state index in [1.54, 1.807) is 11.3 Å². The Kier molecular flexibility index (Phi) is 4.10. The minimum absolute atomic E-state index is 0.409. The van der Waals surface area contributed by atoms with Crippen LogP contribution in [0.25, 0.3) is 0 Å². The van der Waals surface area contributed by atoms with Crippen LogP contribution >= 0.6 is 23.1 Å². The van der Waals surface area contributed by atoms with Crippen molar-refractivity contribution in [1.29, 1.82) is 0 Å². The van der Waals surface area contributed by atoms with Gasteiger partial charge in [0.2, 0.25) is 0 Å². The van der Waals surface area contributed by atoms with Gasteiger partial charge in [-0.2, -0.15) is 11.8 Å². The lowest BCUT2D eigenvalue weighted by molar-refractivity contribution is 0.0954. The minimum atomic E-state index is 0.409.